The predicted octanol–water partition coefficient (Wildman–Crippen LogP) is 6.15. The van der Waals surface area contributed by atoms with Crippen LogP contribution in [0.4, 0.5) is 10.1 Å². The molecule has 0 bridgehead atoms. The summed E-state index contributed by atoms with van der Waals surface area (Å²) in [5.41, 5.74) is 2.01. The molecular formula is C32H43Cl2FN4O3S. The molecule has 0 saturated carbocycles. The maximum atomic E-state index is 15.6. The Kier molecular flexibility index (Phi) is 11.2. The first-order valence-corrected chi connectivity index (χ1v) is 16.9. The van der Waals surface area contributed by atoms with Gasteiger partial charge in [0.15, 0.2) is 0 Å². The summed E-state index contributed by atoms with van der Waals surface area (Å²) in [6.45, 7) is 12.1. The number of hydrogen-bond donors (Lipinski definition) is 1. The van der Waals surface area contributed by atoms with Crippen LogP contribution in [0.2, 0.25) is 10.0 Å². The smallest absolute Gasteiger partial charge is 0.245 e. The molecule has 2 aromatic carbocycles. The number of nitrogens with one attached hydrogen (secondary N) is 1. The van der Waals surface area contributed by atoms with Gasteiger partial charge in [-0.2, -0.15) is 0 Å². The minimum Gasteiger partial charge on any atom is -0.365 e. The molecule has 43 heavy (non-hydrogen) atoms. The molecule has 2 aromatic rings. The molecule has 0 aromatic heterocycles. The Morgan fingerprint density at radius 1 is 1.07 bits per heavy atom. The van der Waals surface area contributed by atoms with Crippen LogP contribution in [0.5, 0.6) is 0 Å². The van der Waals surface area contributed by atoms with Crippen molar-refractivity contribution in [3.63, 3.8) is 0 Å². The van der Waals surface area contributed by atoms with E-state index in [9.17, 15) is 13.8 Å². The van der Waals surface area contributed by atoms with E-state index in [1.54, 1.807) is 34.1 Å². The monoisotopic (exact) mass is 652 g/mol. The van der Waals surface area contributed by atoms with Crippen molar-refractivity contribution in [3.05, 3.63) is 63.4 Å². The molecule has 7 nitrogen and oxygen atoms in total. The number of halogens is 3. The van der Waals surface area contributed by atoms with Gasteiger partial charge in [0, 0.05) is 61.7 Å². The topological polar surface area (TPSA) is 73.0 Å². The Balaban J connectivity index is 1.55. The van der Waals surface area contributed by atoms with E-state index in [1.807, 2.05) is 31.7 Å². The van der Waals surface area contributed by atoms with Crippen LogP contribution in [-0.4, -0.2) is 69.3 Å². The van der Waals surface area contributed by atoms with E-state index in [-0.39, 0.29) is 23.7 Å². The van der Waals surface area contributed by atoms with Gasteiger partial charge in [0.2, 0.25) is 11.8 Å². The quantitative estimate of drug-likeness (QED) is 0.334. The zero-order valence-corrected chi connectivity index (χ0v) is 28.0. The molecular weight excluding hydrogens is 610 g/mol. The number of rotatable bonds is 10. The summed E-state index contributed by atoms with van der Waals surface area (Å²) in [7, 11) is -1.34. The molecule has 4 rings (SSSR count). The second-order valence-corrected chi connectivity index (χ2v) is 15.7. The maximum Gasteiger partial charge on any atom is 0.245 e. The number of hydrogen-bond acceptors (Lipinski definition) is 4. The number of carbonyl (C=O) groups excluding carboxylic acids is 2. The van der Waals surface area contributed by atoms with Crippen molar-refractivity contribution >= 4 is 51.7 Å². The summed E-state index contributed by atoms with van der Waals surface area (Å²) in [5, 5.41) is 0.971. The number of benzene rings is 2. The predicted molar refractivity (Wildman–Crippen MR) is 173 cm³/mol. The zero-order chi connectivity index (χ0) is 31.5. The van der Waals surface area contributed by atoms with Crippen LogP contribution < -0.4 is 9.62 Å². The fraction of sp³-hybridized carbons (Fsp3) is 0.562. The molecule has 11 heteroatoms. The van der Waals surface area contributed by atoms with Gasteiger partial charge in [-0.15, -0.1) is 0 Å². The summed E-state index contributed by atoms with van der Waals surface area (Å²) >= 11 is 12.5. The highest BCUT2D eigenvalue weighted by Crippen LogP contribution is 2.35. The molecule has 2 amide bonds. The van der Waals surface area contributed by atoms with E-state index in [4.69, 9.17) is 23.2 Å². The number of para-hydroxylation sites is 1. The average molecular weight is 654 g/mol. The number of carbonyl (C=O) groups is 2. The van der Waals surface area contributed by atoms with Crippen molar-refractivity contribution in [2.45, 2.75) is 77.1 Å². The third-order valence-corrected chi connectivity index (χ3v) is 10.2. The molecule has 0 radical (unpaired) electrons. The lowest BCUT2D eigenvalue weighted by molar-refractivity contribution is -0.143. The number of piperazine rings is 1. The summed E-state index contributed by atoms with van der Waals surface area (Å²) in [6.07, 6.45) is 2.13. The molecule has 1 N–H and O–H groups in total. The van der Waals surface area contributed by atoms with E-state index in [2.05, 4.69) is 18.6 Å². The summed E-state index contributed by atoms with van der Waals surface area (Å²) in [5.74, 6) is -0.212. The minimum absolute atomic E-state index is 0.0330. The van der Waals surface area contributed by atoms with E-state index in [0.29, 0.717) is 80.1 Å². The van der Waals surface area contributed by atoms with Gasteiger partial charge in [-0.25, -0.2) is 13.3 Å². The fourth-order valence-electron chi connectivity index (χ4n) is 5.75. The molecule has 2 heterocycles. The Labute approximate surface area is 267 Å². The van der Waals surface area contributed by atoms with Crippen molar-refractivity contribution < 1.29 is 18.2 Å². The normalized spacial score (nSPS) is 18.3. The highest BCUT2D eigenvalue weighted by Gasteiger charge is 2.37. The third-order valence-electron chi connectivity index (χ3n) is 8.01. The van der Waals surface area contributed by atoms with Crippen molar-refractivity contribution in [3.8, 4) is 0 Å². The lowest BCUT2D eigenvalue weighted by Crippen LogP contribution is -2.56. The Hall–Kier alpha value is -2.20. The number of anilines is 1. The van der Waals surface area contributed by atoms with Gasteiger partial charge in [-0.1, -0.05) is 55.2 Å². The Morgan fingerprint density at radius 2 is 1.77 bits per heavy atom. The second-order valence-electron chi connectivity index (χ2n) is 12.8. The maximum absolute atomic E-state index is 15.6. The number of nitrogens with zero attached hydrogens (tertiary/aromatic N) is 3. The first-order chi connectivity index (χ1) is 20.3. The van der Waals surface area contributed by atoms with Gasteiger partial charge in [-0.3, -0.25) is 9.59 Å². The Bertz CT molecular complexity index is 1340. The largest absolute Gasteiger partial charge is 0.365 e. The van der Waals surface area contributed by atoms with Crippen molar-refractivity contribution in [1.29, 1.82) is 0 Å². The van der Waals surface area contributed by atoms with Crippen LogP contribution in [0.15, 0.2) is 36.4 Å². The lowest BCUT2D eigenvalue weighted by atomic mass is 9.95. The standard InChI is InChI=1S/C32H43Cl2FN4O3S/c1-21(2)18-27(36-43(42)32(3,4)5)24-8-6-9-26(35)30(24)37-14-16-38(17-15-37)31(41)28(39-13-7-10-29(39)40)19-22-11-12-23(33)20-25(22)34/h6,8-9,11-12,20-21,27-28,36H,7,10,13-19H2,1-5H3/t27-,28+,43-/m0/s1. The molecule has 0 aliphatic carbocycles. The van der Waals surface area contributed by atoms with Gasteiger partial charge >= 0.3 is 0 Å². The first-order valence-electron chi connectivity index (χ1n) is 15.0. The fourth-order valence-corrected chi connectivity index (χ4v) is 7.07. The minimum atomic E-state index is -1.34. The first kappa shape index (κ1) is 33.7. The van der Waals surface area contributed by atoms with Crippen LogP contribution in [0.1, 0.15) is 71.0 Å². The van der Waals surface area contributed by atoms with E-state index < -0.39 is 21.8 Å². The van der Waals surface area contributed by atoms with Gasteiger partial charge < -0.3 is 14.7 Å². The molecule has 3 atom stereocenters. The number of likely N-dealkylation sites (tertiary alicyclic amines) is 1. The molecule has 0 unspecified atom stereocenters. The van der Waals surface area contributed by atoms with Crippen LogP contribution in [-0.2, 0) is 27.0 Å². The highest BCUT2D eigenvalue weighted by molar-refractivity contribution is 7.84. The van der Waals surface area contributed by atoms with Crippen LogP contribution >= 0.6 is 23.2 Å². The second kappa shape index (κ2) is 14.3. The zero-order valence-electron chi connectivity index (χ0n) is 25.7. The van der Waals surface area contributed by atoms with Crippen molar-refractivity contribution in [2.24, 2.45) is 5.92 Å². The van der Waals surface area contributed by atoms with Crippen LogP contribution in [0.3, 0.4) is 0 Å². The summed E-state index contributed by atoms with van der Waals surface area (Å²) < 4.78 is 31.4. The lowest BCUT2D eigenvalue weighted by Gasteiger charge is -2.40. The Morgan fingerprint density at radius 3 is 2.35 bits per heavy atom. The molecule has 236 valence electrons. The van der Waals surface area contributed by atoms with Gasteiger partial charge in [0.05, 0.1) is 21.4 Å². The third kappa shape index (κ3) is 8.29. The van der Waals surface area contributed by atoms with E-state index in [1.165, 1.54) is 6.07 Å². The average Bonchev–Trinajstić information content (AvgIpc) is 3.36. The molecule has 2 aliphatic heterocycles. The summed E-state index contributed by atoms with van der Waals surface area (Å²) in [6, 6.07) is 9.26. The molecule has 2 aliphatic rings. The van der Waals surface area contributed by atoms with Crippen LogP contribution in [0.25, 0.3) is 0 Å². The number of amides is 2. The molecule has 2 fully saturated rings. The SMILES string of the molecule is CC(C)C[C@H](N[S@@](=O)C(C)(C)C)c1cccc(F)c1N1CCN(C(=O)[C@@H](Cc2ccc(Cl)cc2Cl)N2CCCC2=O)CC1. The molecule has 2 saturated heterocycles. The van der Waals surface area contributed by atoms with E-state index >= 15 is 4.39 Å². The van der Waals surface area contributed by atoms with Gasteiger partial charge in [-0.05, 0) is 68.9 Å². The molecule has 0 spiro atoms. The van der Waals surface area contributed by atoms with Gasteiger partial charge in [0.25, 0.3) is 0 Å². The van der Waals surface area contributed by atoms with Crippen molar-refractivity contribution in [2.75, 3.05) is 37.6 Å². The van der Waals surface area contributed by atoms with Crippen LogP contribution in [0, 0.1) is 11.7 Å². The van der Waals surface area contributed by atoms with E-state index in [0.717, 1.165) is 11.1 Å². The van der Waals surface area contributed by atoms with Gasteiger partial charge in [0.1, 0.15) is 11.9 Å². The highest BCUT2D eigenvalue weighted by atomic mass is 35.5. The van der Waals surface area contributed by atoms with Crippen molar-refractivity contribution in [1.82, 2.24) is 14.5 Å². The summed E-state index contributed by atoms with van der Waals surface area (Å²) in [4.78, 5) is 32.1.